The van der Waals surface area contributed by atoms with Crippen LogP contribution in [0.4, 0.5) is 11.6 Å². The van der Waals surface area contributed by atoms with E-state index in [-0.39, 0.29) is 6.61 Å². The van der Waals surface area contributed by atoms with Crippen molar-refractivity contribution in [3.05, 3.63) is 11.9 Å². The number of aromatic nitrogens is 2. The lowest BCUT2D eigenvalue weighted by molar-refractivity contribution is 0.178. The van der Waals surface area contributed by atoms with E-state index in [4.69, 9.17) is 14.6 Å². The van der Waals surface area contributed by atoms with Gasteiger partial charge in [0.1, 0.15) is 18.2 Å². The van der Waals surface area contributed by atoms with Crippen LogP contribution in [0.25, 0.3) is 0 Å². The summed E-state index contributed by atoms with van der Waals surface area (Å²) in [7, 11) is 5.05. The number of ether oxygens (including phenoxy) is 2. The van der Waals surface area contributed by atoms with Gasteiger partial charge < -0.3 is 24.8 Å². The van der Waals surface area contributed by atoms with Crippen LogP contribution >= 0.6 is 0 Å². The molecule has 0 aliphatic carbocycles. The average molecular weight is 270 g/mol. The van der Waals surface area contributed by atoms with Crippen LogP contribution in [0.5, 0.6) is 0 Å². The van der Waals surface area contributed by atoms with Gasteiger partial charge in [-0.25, -0.2) is 9.97 Å². The largest absolute Gasteiger partial charge is 0.395 e. The highest BCUT2D eigenvalue weighted by atomic mass is 16.5. The van der Waals surface area contributed by atoms with Crippen molar-refractivity contribution in [3.63, 3.8) is 0 Å². The Labute approximate surface area is 113 Å². The number of nitrogens with zero attached hydrogens (tertiary/aromatic N) is 3. The maximum Gasteiger partial charge on any atom is 0.158 e. The van der Waals surface area contributed by atoms with Crippen LogP contribution in [-0.4, -0.2) is 62.6 Å². The van der Waals surface area contributed by atoms with Gasteiger partial charge >= 0.3 is 0 Å². The Morgan fingerprint density at radius 1 is 1.26 bits per heavy atom. The van der Waals surface area contributed by atoms with Crippen LogP contribution in [0, 0.1) is 0 Å². The Morgan fingerprint density at radius 3 is 2.63 bits per heavy atom. The molecule has 0 saturated carbocycles. The van der Waals surface area contributed by atoms with E-state index in [2.05, 4.69) is 15.3 Å². The number of aliphatic hydroxyl groups excluding tert-OH is 1. The third-order valence-electron chi connectivity index (χ3n) is 2.55. The second kappa shape index (κ2) is 8.63. The van der Waals surface area contributed by atoms with Gasteiger partial charge in [0.15, 0.2) is 5.82 Å². The summed E-state index contributed by atoms with van der Waals surface area (Å²) in [6, 6.07) is 1.84. The van der Waals surface area contributed by atoms with Crippen molar-refractivity contribution in [1.82, 2.24) is 9.97 Å². The van der Waals surface area contributed by atoms with Crippen LogP contribution in [0.15, 0.2) is 6.07 Å². The first-order chi connectivity index (χ1) is 9.24. The first-order valence-electron chi connectivity index (χ1n) is 6.14. The van der Waals surface area contributed by atoms with Crippen molar-refractivity contribution in [3.8, 4) is 0 Å². The summed E-state index contributed by atoms with van der Waals surface area (Å²) >= 11 is 0. The normalized spacial score (nSPS) is 10.5. The summed E-state index contributed by atoms with van der Waals surface area (Å²) in [5.41, 5.74) is 0. The molecule has 108 valence electrons. The predicted molar refractivity (Wildman–Crippen MR) is 73.5 cm³/mol. The monoisotopic (exact) mass is 270 g/mol. The number of rotatable bonds is 9. The van der Waals surface area contributed by atoms with Crippen LogP contribution in [0.3, 0.4) is 0 Å². The van der Waals surface area contributed by atoms with Crippen molar-refractivity contribution in [1.29, 1.82) is 0 Å². The summed E-state index contributed by atoms with van der Waals surface area (Å²) in [5, 5.41) is 12.1. The molecule has 0 aromatic carbocycles. The van der Waals surface area contributed by atoms with E-state index >= 15 is 0 Å². The number of hydrogen-bond acceptors (Lipinski definition) is 7. The van der Waals surface area contributed by atoms with Crippen LogP contribution in [0.2, 0.25) is 0 Å². The second-order valence-corrected chi connectivity index (χ2v) is 3.91. The van der Waals surface area contributed by atoms with E-state index in [1.807, 2.05) is 11.0 Å². The minimum atomic E-state index is 0.0578. The summed E-state index contributed by atoms with van der Waals surface area (Å²) in [6.07, 6.45) is 0. The quantitative estimate of drug-likeness (QED) is 0.659. The summed E-state index contributed by atoms with van der Waals surface area (Å²) in [6.45, 7) is 2.13. The van der Waals surface area contributed by atoms with Crippen molar-refractivity contribution in [2.45, 2.75) is 6.61 Å². The summed E-state index contributed by atoms with van der Waals surface area (Å²) < 4.78 is 10.1. The number of methoxy groups -OCH3 is 2. The van der Waals surface area contributed by atoms with Gasteiger partial charge in [-0.2, -0.15) is 0 Å². The summed E-state index contributed by atoms with van der Waals surface area (Å²) in [5.74, 6) is 2.07. The van der Waals surface area contributed by atoms with Gasteiger partial charge in [-0.3, -0.25) is 0 Å². The molecule has 7 nitrogen and oxygen atoms in total. The van der Waals surface area contributed by atoms with E-state index in [0.717, 1.165) is 11.6 Å². The van der Waals surface area contributed by atoms with E-state index < -0.39 is 0 Å². The van der Waals surface area contributed by atoms with Crippen LogP contribution in [-0.2, 0) is 16.1 Å². The molecule has 0 unspecified atom stereocenters. The minimum Gasteiger partial charge on any atom is -0.395 e. The molecule has 0 aliphatic rings. The first-order valence-corrected chi connectivity index (χ1v) is 6.14. The fraction of sp³-hybridized carbons (Fsp3) is 0.667. The Bertz CT molecular complexity index is 376. The van der Waals surface area contributed by atoms with Crippen molar-refractivity contribution in [2.24, 2.45) is 0 Å². The van der Waals surface area contributed by atoms with Crippen molar-refractivity contribution >= 4 is 11.6 Å². The van der Waals surface area contributed by atoms with Gasteiger partial charge in [0.25, 0.3) is 0 Å². The van der Waals surface area contributed by atoms with E-state index in [1.165, 1.54) is 0 Å². The molecular weight excluding hydrogens is 248 g/mol. The van der Waals surface area contributed by atoms with E-state index in [1.54, 1.807) is 21.3 Å². The predicted octanol–water partition coefficient (Wildman–Crippen LogP) is 0.110. The van der Waals surface area contributed by atoms with E-state index in [9.17, 15) is 0 Å². The Balaban J connectivity index is 2.95. The maximum absolute atomic E-state index is 9.13. The van der Waals surface area contributed by atoms with Gasteiger partial charge in [0.2, 0.25) is 0 Å². The van der Waals surface area contributed by atoms with Crippen molar-refractivity contribution < 1.29 is 14.6 Å². The number of nitrogens with one attached hydrogen (secondary N) is 1. The first kappa shape index (κ1) is 15.6. The molecule has 0 radical (unpaired) electrons. The average Bonchev–Trinajstić information content (AvgIpc) is 2.43. The number of anilines is 2. The third kappa shape index (κ3) is 4.98. The fourth-order valence-electron chi connectivity index (χ4n) is 1.63. The molecule has 0 aliphatic heterocycles. The zero-order chi connectivity index (χ0) is 14.1. The van der Waals surface area contributed by atoms with E-state index in [0.29, 0.717) is 32.1 Å². The topological polar surface area (TPSA) is 79.7 Å². The van der Waals surface area contributed by atoms with Crippen molar-refractivity contribution in [2.75, 3.05) is 57.8 Å². The number of aliphatic hydroxyl groups is 1. The Morgan fingerprint density at radius 2 is 2.05 bits per heavy atom. The molecule has 0 fully saturated rings. The molecule has 1 aromatic rings. The van der Waals surface area contributed by atoms with Crippen LogP contribution in [0.1, 0.15) is 5.82 Å². The molecule has 19 heavy (non-hydrogen) atoms. The zero-order valence-corrected chi connectivity index (χ0v) is 11.7. The maximum atomic E-state index is 9.13. The minimum absolute atomic E-state index is 0.0578. The lowest BCUT2D eigenvalue weighted by Gasteiger charge is -2.23. The molecule has 1 aromatic heterocycles. The molecular formula is C12H22N4O3. The Kier molecular flexibility index (Phi) is 7.09. The highest BCUT2D eigenvalue weighted by Gasteiger charge is 2.11. The highest BCUT2D eigenvalue weighted by Crippen LogP contribution is 2.16. The molecule has 0 atom stereocenters. The highest BCUT2D eigenvalue weighted by molar-refractivity contribution is 5.49. The zero-order valence-electron chi connectivity index (χ0n) is 11.7. The molecule has 0 spiro atoms. The van der Waals surface area contributed by atoms with Gasteiger partial charge in [-0.15, -0.1) is 0 Å². The van der Waals surface area contributed by atoms with Gasteiger partial charge in [-0.05, 0) is 0 Å². The molecule has 2 N–H and O–H groups in total. The Hall–Kier alpha value is -1.44. The standard InChI is InChI=1S/C12H22N4O3/c1-13-10-8-12(15-11(14-10)9-19-3)16(4-6-17)5-7-18-2/h8,17H,4-7,9H2,1-3H3,(H,13,14,15). The molecule has 0 amide bonds. The second-order valence-electron chi connectivity index (χ2n) is 3.91. The molecule has 0 saturated heterocycles. The fourth-order valence-corrected chi connectivity index (χ4v) is 1.63. The van der Waals surface area contributed by atoms with Gasteiger partial charge in [0, 0.05) is 40.4 Å². The lowest BCUT2D eigenvalue weighted by atomic mass is 10.4. The molecule has 7 heteroatoms. The van der Waals surface area contributed by atoms with Gasteiger partial charge in [-0.1, -0.05) is 0 Å². The molecule has 1 heterocycles. The SMILES string of the molecule is CNc1cc(N(CCO)CCOC)nc(COC)n1. The van der Waals surface area contributed by atoms with Crippen LogP contribution < -0.4 is 10.2 Å². The lowest BCUT2D eigenvalue weighted by Crippen LogP contribution is -2.31. The molecule has 0 bridgehead atoms. The number of hydrogen-bond donors (Lipinski definition) is 2. The smallest absolute Gasteiger partial charge is 0.158 e. The molecule has 1 rings (SSSR count). The summed E-state index contributed by atoms with van der Waals surface area (Å²) in [4.78, 5) is 10.7. The van der Waals surface area contributed by atoms with Gasteiger partial charge in [0.05, 0.1) is 13.2 Å². The third-order valence-corrected chi connectivity index (χ3v) is 2.55.